The van der Waals surface area contributed by atoms with Crippen LogP contribution in [0, 0.1) is 16.0 Å². The van der Waals surface area contributed by atoms with E-state index in [1.807, 2.05) is 13.8 Å². The van der Waals surface area contributed by atoms with E-state index in [0.717, 1.165) is 0 Å². The molecule has 1 aromatic rings. The summed E-state index contributed by atoms with van der Waals surface area (Å²) in [5.41, 5.74) is 0.568. The van der Waals surface area contributed by atoms with Crippen LogP contribution < -0.4 is 4.74 Å². The summed E-state index contributed by atoms with van der Waals surface area (Å²) in [5.74, 6) is -0.454. The second-order valence-corrected chi connectivity index (χ2v) is 6.80. The van der Waals surface area contributed by atoms with Gasteiger partial charge < -0.3 is 14.7 Å². The van der Waals surface area contributed by atoms with Crippen molar-refractivity contribution in [2.45, 2.75) is 19.6 Å². The Bertz CT molecular complexity index is 635. The Balaban J connectivity index is 2.66. The number of rotatable bonds is 10. The quantitative estimate of drug-likeness (QED) is 0.497. The lowest BCUT2D eigenvalue weighted by Crippen LogP contribution is -2.39. The number of benzene rings is 1. The SMILES string of the molecule is COc1ccc(CSCC(=O)N(CC(=O)O)CC(C)C)cc1[N+](=O)[O-]. The molecule has 1 aromatic carbocycles. The monoisotopic (exact) mass is 370 g/mol. The fraction of sp³-hybridized carbons (Fsp3) is 0.500. The number of thioether (sulfide) groups is 1. The van der Waals surface area contributed by atoms with Gasteiger partial charge in [0.25, 0.3) is 0 Å². The highest BCUT2D eigenvalue weighted by atomic mass is 32.2. The zero-order chi connectivity index (χ0) is 19.0. The first-order chi connectivity index (χ1) is 11.7. The Morgan fingerprint density at radius 2 is 2.08 bits per heavy atom. The lowest BCUT2D eigenvalue weighted by Gasteiger charge is -2.22. The standard InChI is InChI=1S/C16H22N2O6S/c1-11(2)7-17(8-16(20)21)15(19)10-25-9-12-4-5-14(24-3)13(6-12)18(22)23/h4-6,11H,7-10H2,1-3H3,(H,20,21). The van der Waals surface area contributed by atoms with Crippen molar-refractivity contribution in [3.8, 4) is 5.75 Å². The van der Waals surface area contributed by atoms with Crippen LogP contribution in [-0.4, -0.2) is 52.8 Å². The van der Waals surface area contributed by atoms with E-state index in [0.29, 0.717) is 17.9 Å². The molecule has 9 heteroatoms. The molecule has 0 aromatic heterocycles. The van der Waals surface area contributed by atoms with E-state index < -0.39 is 10.9 Å². The third kappa shape index (κ3) is 7.00. The van der Waals surface area contributed by atoms with Gasteiger partial charge in [-0.3, -0.25) is 19.7 Å². The molecule has 0 radical (unpaired) electrons. The number of nitrogens with zero attached hydrogens (tertiary/aromatic N) is 2. The molecule has 0 saturated heterocycles. The van der Waals surface area contributed by atoms with Crippen molar-refractivity contribution in [1.82, 2.24) is 4.90 Å². The average Bonchev–Trinajstić information content (AvgIpc) is 2.53. The van der Waals surface area contributed by atoms with Crippen molar-refractivity contribution in [2.24, 2.45) is 5.92 Å². The van der Waals surface area contributed by atoms with Crippen LogP contribution in [0.2, 0.25) is 0 Å². The first kappa shape index (κ1) is 20.8. The lowest BCUT2D eigenvalue weighted by molar-refractivity contribution is -0.385. The largest absolute Gasteiger partial charge is 0.490 e. The van der Waals surface area contributed by atoms with Crippen LogP contribution in [-0.2, 0) is 15.3 Å². The molecule has 0 fully saturated rings. The minimum Gasteiger partial charge on any atom is -0.490 e. The normalized spacial score (nSPS) is 10.6. The fourth-order valence-electron chi connectivity index (χ4n) is 2.17. The number of aliphatic carboxylic acids is 1. The van der Waals surface area contributed by atoms with Gasteiger partial charge in [-0.15, -0.1) is 11.8 Å². The van der Waals surface area contributed by atoms with E-state index in [4.69, 9.17) is 9.84 Å². The van der Waals surface area contributed by atoms with Gasteiger partial charge in [0, 0.05) is 18.4 Å². The van der Waals surface area contributed by atoms with Crippen molar-refractivity contribution in [1.29, 1.82) is 0 Å². The molecule has 8 nitrogen and oxygen atoms in total. The smallest absolute Gasteiger partial charge is 0.323 e. The third-order valence-electron chi connectivity index (χ3n) is 3.20. The molecule has 1 rings (SSSR count). The highest BCUT2D eigenvalue weighted by Gasteiger charge is 2.19. The summed E-state index contributed by atoms with van der Waals surface area (Å²) >= 11 is 1.28. The van der Waals surface area contributed by atoms with Gasteiger partial charge in [0.15, 0.2) is 5.75 Å². The van der Waals surface area contributed by atoms with E-state index in [-0.39, 0.29) is 35.6 Å². The van der Waals surface area contributed by atoms with Gasteiger partial charge in [0.2, 0.25) is 5.91 Å². The number of amides is 1. The molecule has 0 aliphatic heterocycles. The Hall–Kier alpha value is -2.29. The van der Waals surface area contributed by atoms with Gasteiger partial charge in [-0.1, -0.05) is 19.9 Å². The molecule has 0 bridgehead atoms. The van der Waals surface area contributed by atoms with Crippen LogP contribution in [0.1, 0.15) is 19.4 Å². The Morgan fingerprint density at radius 1 is 1.40 bits per heavy atom. The molecule has 0 unspecified atom stereocenters. The van der Waals surface area contributed by atoms with Gasteiger partial charge in [0.05, 0.1) is 17.8 Å². The number of methoxy groups -OCH3 is 1. The molecular formula is C16H22N2O6S. The highest BCUT2D eigenvalue weighted by Crippen LogP contribution is 2.29. The maximum absolute atomic E-state index is 12.2. The van der Waals surface area contributed by atoms with Gasteiger partial charge in [-0.05, 0) is 17.5 Å². The van der Waals surface area contributed by atoms with E-state index in [2.05, 4.69) is 0 Å². The maximum Gasteiger partial charge on any atom is 0.323 e. The van der Waals surface area contributed by atoms with Crippen LogP contribution >= 0.6 is 11.8 Å². The van der Waals surface area contributed by atoms with Crippen LogP contribution in [0.25, 0.3) is 0 Å². The minimum absolute atomic E-state index is 0.111. The number of hydrogen-bond acceptors (Lipinski definition) is 6. The minimum atomic E-state index is -1.05. The number of nitro benzene ring substituents is 1. The van der Waals surface area contributed by atoms with E-state index in [1.54, 1.807) is 6.07 Å². The van der Waals surface area contributed by atoms with Crippen LogP contribution in [0.5, 0.6) is 5.75 Å². The summed E-state index contributed by atoms with van der Waals surface area (Å²) in [4.78, 5) is 34.9. The van der Waals surface area contributed by atoms with Crippen molar-refractivity contribution in [3.63, 3.8) is 0 Å². The zero-order valence-corrected chi connectivity index (χ0v) is 15.2. The lowest BCUT2D eigenvalue weighted by atomic mass is 10.2. The molecule has 0 aliphatic rings. The van der Waals surface area contributed by atoms with Crippen molar-refractivity contribution in [3.05, 3.63) is 33.9 Å². The topological polar surface area (TPSA) is 110 Å². The van der Waals surface area contributed by atoms with Crippen molar-refractivity contribution < 1.29 is 24.4 Å². The van der Waals surface area contributed by atoms with Gasteiger partial charge >= 0.3 is 11.7 Å². The second-order valence-electron chi connectivity index (χ2n) is 5.82. The van der Waals surface area contributed by atoms with Crippen molar-refractivity contribution in [2.75, 3.05) is 26.0 Å². The third-order valence-corrected chi connectivity index (χ3v) is 4.19. The number of carbonyl (C=O) groups excluding carboxylic acids is 1. The van der Waals surface area contributed by atoms with E-state index in [1.165, 1.54) is 35.9 Å². The van der Waals surface area contributed by atoms with Crippen LogP contribution in [0.15, 0.2) is 18.2 Å². The number of carbonyl (C=O) groups is 2. The summed E-state index contributed by atoms with van der Waals surface area (Å²) < 4.78 is 4.94. The van der Waals surface area contributed by atoms with Crippen LogP contribution in [0.3, 0.4) is 0 Å². The number of ether oxygens (including phenoxy) is 1. The maximum atomic E-state index is 12.2. The predicted octanol–water partition coefficient (Wildman–Crippen LogP) is 2.41. The molecule has 25 heavy (non-hydrogen) atoms. The number of nitro groups is 1. The van der Waals surface area contributed by atoms with Gasteiger partial charge in [-0.2, -0.15) is 0 Å². The zero-order valence-electron chi connectivity index (χ0n) is 14.4. The van der Waals surface area contributed by atoms with E-state index in [9.17, 15) is 19.7 Å². The molecule has 0 saturated carbocycles. The summed E-state index contributed by atoms with van der Waals surface area (Å²) in [5, 5.41) is 19.9. The van der Waals surface area contributed by atoms with Crippen LogP contribution in [0.4, 0.5) is 5.69 Å². The molecule has 0 atom stereocenters. The second kappa shape index (κ2) is 9.87. The summed E-state index contributed by atoms with van der Waals surface area (Å²) in [7, 11) is 1.36. The number of hydrogen-bond donors (Lipinski definition) is 1. The molecule has 138 valence electrons. The average molecular weight is 370 g/mol. The first-order valence-corrected chi connectivity index (χ1v) is 8.78. The first-order valence-electron chi connectivity index (χ1n) is 7.63. The molecule has 0 spiro atoms. The number of carboxylic acids is 1. The summed E-state index contributed by atoms with van der Waals surface area (Å²) in [6.45, 7) is 3.86. The molecule has 1 amide bonds. The number of carboxylic acid groups (broad SMARTS) is 1. The summed E-state index contributed by atoms with van der Waals surface area (Å²) in [6.07, 6.45) is 0. The Kier molecular flexibility index (Phi) is 8.20. The molecular weight excluding hydrogens is 348 g/mol. The Labute approximate surface area is 150 Å². The molecule has 0 heterocycles. The predicted molar refractivity (Wildman–Crippen MR) is 94.9 cm³/mol. The fourth-order valence-corrected chi connectivity index (χ4v) is 3.05. The Morgan fingerprint density at radius 3 is 2.60 bits per heavy atom. The highest BCUT2D eigenvalue weighted by molar-refractivity contribution is 7.99. The molecule has 1 N–H and O–H groups in total. The van der Waals surface area contributed by atoms with E-state index >= 15 is 0 Å². The van der Waals surface area contributed by atoms with Gasteiger partial charge in [-0.25, -0.2) is 0 Å². The van der Waals surface area contributed by atoms with Gasteiger partial charge in [0.1, 0.15) is 6.54 Å². The summed E-state index contributed by atoms with van der Waals surface area (Å²) in [6, 6.07) is 4.64. The molecule has 0 aliphatic carbocycles. The van der Waals surface area contributed by atoms with Crippen molar-refractivity contribution >= 4 is 29.3 Å².